The summed E-state index contributed by atoms with van der Waals surface area (Å²) in [6.07, 6.45) is -3.38. The number of nitrogens with zero attached hydrogens (tertiary/aromatic N) is 1. The van der Waals surface area contributed by atoms with Crippen LogP contribution in [0.3, 0.4) is 0 Å². The SMILES string of the molecule is CC(C)C1CCN(C(C(C)N)C(F)(F)F)C1. The molecule has 16 heavy (non-hydrogen) atoms. The number of alkyl halides is 3. The van der Waals surface area contributed by atoms with Crippen molar-refractivity contribution in [3.8, 4) is 0 Å². The molecular weight excluding hydrogens is 217 g/mol. The highest BCUT2D eigenvalue weighted by atomic mass is 19.4. The molecule has 0 saturated carbocycles. The van der Waals surface area contributed by atoms with Gasteiger partial charge in [0, 0.05) is 12.6 Å². The lowest BCUT2D eigenvalue weighted by molar-refractivity contribution is -0.185. The van der Waals surface area contributed by atoms with Gasteiger partial charge in [0.2, 0.25) is 0 Å². The summed E-state index contributed by atoms with van der Waals surface area (Å²) in [6.45, 7) is 6.57. The van der Waals surface area contributed by atoms with Gasteiger partial charge in [-0.15, -0.1) is 0 Å². The van der Waals surface area contributed by atoms with Crippen molar-refractivity contribution in [2.45, 2.75) is 45.5 Å². The zero-order chi connectivity index (χ0) is 12.5. The van der Waals surface area contributed by atoms with Crippen molar-refractivity contribution < 1.29 is 13.2 Å². The Bertz CT molecular complexity index is 226. The molecule has 3 atom stereocenters. The minimum absolute atomic E-state index is 0.364. The van der Waals surface area contributed by atoms with Crippen molar-refractivity contribution in [2.75, 3.05) is 13.1 Å². The molecule has 3 unspecified atom stereocenters. The maximum Gasteiger partial charge on any atom is 0.405 e. The van der Waals surface area contributed by atoms with E-state index in [0.29, 0.717) is 24.9 Å². The van der Waals surface area contributed by atoms with E-state index in [4.69, 9.17) is 5.73 Å². The molecule has 0 amide bonds. The quantitative estimate of drug-likeness (QED) is 0.817. The van der Waals surface area contributed by atoms with E-state index in [-0.39, 0.29) is 0 Å². The topological polar surface area (TPSA) is 29.3 Å². The average molecular weight is 238 g/mol. The van der Waals surface area contributed by atoms with Crippen molar-refractivity contribution in [1.29, 1.82) is 0 Å². The second-order valence-corrected chi connectivity index (χ2v) is 5.13. The van der Waals surface area contributed by atoms with E-state index in [1.54, 1.807) is 0 Å². The first-order valence-corrected chi connectivity index (χ1v) is 5.79. The lowest BCUT2D eigenvalue weighted by Crippen LogP contribution is -2.54. The second kappa shape index (κ2) is 4.92. The van der Waals surface area contributed by atoms with Crippen LogP contribution in [0.25, 0.3) is 0 Å². The average Bonchev–Trinajstić information content (AvgIpc) is 2.49. The van der Waals surface area contributed by atoms with Gasteiger partial charge in [0.15, 0.2) is 0 Å². The molecule has 5 heteroatoms. The molecule has 0 aromatic heterocycles. The highest BCUT2D eigenvalue weighted by Crippen LogP contribution is 2.32. The minimum Gasteiger partial charge on any atom is -0.326 e. The van der Waals surface area contributed by atoms with Crippen LogP contribution in [0.1, 0.15) is 27.2 Å². The van der Waals surface area contributed by atoms with Crippen LogP contribution < -0.4 is 5.73 Å². The van der Waals surface area contributed by atoms with Gasteiger partial charge in [-0.25, -0.2) is 0 Å². The number of rotatable bonds is 3. The van der Waals surface area contributed by atoms with E-state index >= 15 is 0 Å². The van der Waals surface area contributed by atoms with Gasteiger partial charge in [-0.3, -0.25) is 4.90 Å². The first-order valence-electron chi connectivity index (χ1n) is 5.79. The molecule has 1 fully saturated rings. The van der Waals surface area contributed by atoms with Crippen LogP contribution in [0.2, 0.25) is 0 Å². The van der Waals surface area contributed by atoms with E-state index in [9.17, 15) is 13.2 Å². The smallest absolute Gasteiger partial charge is 0.326 e. The summed E-state index contributed by atoms with van der Waals surface area (Å²) < 4.78 is 38.5. The number of halogens is 3. The first-order chi connectivity index (χ1) is 7.23. The summed E-state index contributed by atoms with van der Waals surface area (Å²) in [5.74, 6) is 0.801. The van der Waals surface area contributed by atoms with Gasteiger partial charge in [-0.05, 0) is 31.7 Å². The van der Waals surface area contributed by atoms with Crippen LogP contribution in [-0.4, -0.2) is 36.2 Å². The van der Waals surface area contributed by atoms with Gasteiger partial charge in [0.1, 0.15) is 6.04 Å². The minimum atomic E-state index is -4.22. The molecule has 1 aliphatic heterocycles. The lowest BCUT2D eigenvalue weighted by Gasteiger charge is -2.32. The van der Waals surface area contributed by atoms with Gasteiger partial charge in [-0.2, -0.15) is 13.2 Å². The van der Waals surface area contributed by atoms with E-state index < -0.39 is 18.3 Å². The van der Waals surface area contributed by atoms with Crippen LogP contribution in [0.5, 0.6) is 0 Å². The maximum atomic E-state index is 12.8. The lowest BCUT2D eigenvalue weighted by atomic mass is 9.95. The second-order valence-electron chi connectivity index (χ2n) is 5.13. The molecule has 0 radical (unpaired) electrons. The van der Waals surface area contributed by atoms with Crippen molar-refractivity contribution in [3.63, 3.8) is 0 Å². The summed E-state index contributed by atoms with van der Waals surface area (Å²) in [5, 5.41) is 0. The van der Waals surface area contributed by atoms with Gasteiger partial charge >= 0.3 is 6.18 Å². The fourth-order valence-electron chi connectivity index (χ4n) is 2.45. The van der Waals surface area contributed by atoms with Crippen LogP contribution in [0, 0.1) is 11.8 Å². The fourth-order valence-corrected chi connectivity index (χ4v) is 2.45. The predicted octanol–water partition coefficient (Wildman–Crippen LogP) is 2.24. The number of likely N-dealkylation sites (tertiary alicyclic amines) is 1. The van der Waals surface area contributed by atoms with Gasteiger partial charge in [0.05, 0.1) is 0 Å². The summed E-state index contributed by atoms with van der Waals surface area (Å²) in [6, 6.07) is -2.36. The molecule has 0 aliphatic carbocycles. The van der Waals surface area contributed by atoms with E-state index in [1.165, 1.54) is 11.8 Å². The van der Waals surface area contributed by atoms with Crippen LogP contribution in [0.15, 0.2) is 0 Å². The summed E-state index contributed by atoms with van der Waals surface area (Å²) in [7, 11) is 0. The Morgan fingerprint density at radius 2 is 1.81 bits per heavy atom. The predicted molar refractivity (Wildman–Crippen MR) is 58.0 cm³/mol. The molecule has 0 aromatic carbocycles. The van der Waals surface area contributed by atoms with Gasteiger partial charge in [-0.1, -0.05) is 13.8 Å². The zero-order valence-electron chi connectivity index (χ0n) is 10.1. The molecule has 0 bridgehead atoms. The third kappa shape index (κ3) is 3.10. The van der Waals surface area contributed by atoms with Crippen molar-refractivity contribution >= 4 is 0 Å². The Kier molecular flexibility index (Phi) is 4.23. The molecule has 1 saturated heterocycles. The molecule has 2 N–H and O–H groups in total. The van der Waals surface area contributed by atoms with Crippen LogP contribution in [-0.2, 0) is 0 Å². The standard InChI is InChI=1S/C11H21F3N2/c1-7(2)9-4-5-16(6-9)10(8(3)15)11(12,13)14/h7-10H,4-6,15H2,1-3H3. The van der Waals surface area contributed by atoms with Crippen molar-refractivity contribution in [3.05, 3.63) is 0 Å². The van der Waals surface area contributed by atoms with E-state index in [2.05, 4.69) is 13.8 Å². The number of hydrogen-bond acceptors (Lipinski definition) is 2. The van der Waals surface area contributed by atoms with Crippen LogP contribution in [0.4, 0.5) is 13.2 Å². The molecule has 96 valence electrons. The Labute approximate surface area is 95.0 Å². The Balaban J connectivity index is 2.69. The number of nitrogens with two attached hydrogens (primary N) is 1. The summed E-state index contributed by atoms with van der Waals surface area (Å²) >= 11 is 0. The molecule has 0 spiro atoms. The molecule has 1 heterocycles. The van der Waals surface area contributed by atoms with Crippen molar-refractivity contribution in [1.82, 2.24) is 4.90 Å². The third-order valence-electron chi connectivity index (χ3n) is 3.43. The number of hydrogen-bond donors (Lipinski definition) is 1. The van der Waals surface area contributed by atoms with E-state index in [1.807, 2.05) is 0 Å². The summed E-state index contributed by atoms with van der Waals surface area (Å²) in [4.78, 5) is 1.50. The highest BCUT2D eigenvalue weighted by molar-refractivity contribution is 4.90. The largest absolute Gasteiger partial charge is 0.405 e. The molecule has 2 nitrogen and oxygen atoms in total. The first kappa shape index (κ1) is 13.8. The summed E-state index contributed by atoms with van der Waals surface area (Å²) in [5.41, 5.74) is 5.46. The Hall–Kier alpha value is -0.290. The molecular formula is C11H21F3N2. The van der Waals surface area contributed by atoms with E-state index in [0.717, 1.165) is 6.42 Å². The van der Waals surface area contributed by atoms with Crippen LogP contribution >= 0.6 is 0 Å². The molecule has 1 aliphatic rings. The highest BCUT2D eigenvalue weighted by Gasteiger charge is 2.47. The maximum absolute atomic E-state index is 12.8. The monoisotopic (exact) mass is 238 g/mol. The van der Waals surface area contributed by atoms with Crippen molar-refractivity contribution in [2.24, 2.45) is 17.6 Å². The molecule has 1 rings (SSSR count). The fraction of sp³-hybridized carbons (Fsp3) is 1.00. The molecule has 0 aromatic rings. The zero-order valence-corrected chi connectivity index (χ0v) is 10.1. The Morgan fingerprint density at radius 3 is 2.12 bits per heavy atom. The normalized spacial score (nSPS) is 27.4. The third-order valence-corrected chi connectivity index (χ3v) is 3.43. The van der Waals surface area contributed by atoms with Gasteiger partial charge in [0.25, 0.3) is 0 Å². The van der Waals surface area contributed by atoms with Gasteiger partial charge < -0.3 is 5.73 Å². The Morgan fingerprint density at radius 1 is 1.25 bits per heavy atom.